The molecule has 1 aromatic carbocycles. The van der Waals surface area contributed by atoms with Crippen LogP contribution < -0.4 is 5.32 Å². The lowest BCUT2D eigenvalue weighted by Gasteiger charge is -2.29. The molecule has 1 aliphatic rings. The second-order valence-electron chi connectivity index (χ2n) is 6.39. The van der Waals surface area contributed by atoms with E-state index in [-0.39, 0.29) is 6.04 Å². The Morgan fingerprint density at radius 1 is 1.25 bits per heavy atom. The molecule has 5 nitrogen and oxygen atoms in total. The Bertz CT molecular complexity index is 757. The molecule has 0 aliphatic carbocycles. The van der Waals surface area contributed by atoms with Crippen LogP contribution in [0.1, 0.15) is 38.2 Å². The van der Waals surface area contributed by atoms with Crippen molar-refractivity contribution in [3.8, 4) is 5.69 Å². The summed E-state index contributed by atoms with van der Waals surface area (Å²) in [5.41, 5.74) is 2.31. The van der Waals surface area contributed by atoms with Crippen molar-refractivity contribution in [2.75, 3.05) is 6.67 Å². The number of amidine groups is 1. The second-order valence-corrected chi connectivity index (χ2v) is 6.39. The maximum atomic E-state index is 4.81. The van der Waals surface area contributed by atoms with E-state index in [0.717, 1.165) is 24.0 Å². The first-order chi connectivity index (χ1) is 11.5. The van der Waals surface area contributed by atoms with Crippen molar-refractivity contribution in [1.29, 1.82) is 0 Å². The van der Waals surface area contributed by atoms with Crippen molar-refractivity contribution in [1.82, 2.24) is 19.8 Å². The molecule has 2 aromatic rings. The van der Waals surface area contributed by atoms with Crippen molar-refractivity contribution in [2.45, 2.75) is 39.8 Å². The minimum atomic E-state index is 0.0894. The highest BCUT2D eigenvalue weighted by atomic mass is 15.3. The van der Waals surface area contributed by atoms with Crippen LogP contribution in [0.2, 0.25) is 0 Å². The fraction of sp³-hybridized carbons (Fsp3) is 0.368. The van der Waals surface area contributed by atoms with Crippen LogP contribution in [0.5, 0.6) is 0 Å². The molecule has 1 atom stereocenters. The molecule has 0 saturated heterocycles. The van der Waals surface area contributed by atoms with Crippen molar-refractivity contribution in [3.63, 3.8) is 0 Å². The van der Waals surface area contributed by atoms with Crippen LogP contribution in [0.15, 0.2) is 53.9 Å². The Morgan fingerprint density at radius 3 is 2.71 bits per heavy atom. The van der Waals surface area contributed by atoms with Gasteiger partial charge in [-0.05, 0) is 51.5 Å². The Balaban J connectivity index is 1.79. The molecule has 0 saturated carbocycles. The van der Waals surface area contributed by atoms with Gasteiger partial charge in [-0.25, -0.2) is 4.98 Å². The number of aliphatic imine (C=N–C) groups is 1. The average molecular weight is 323 g/mol. The van der Waals surface area contributed by atoms with Crippen LogP contribution in [-0.2, 0) is 0 Å². The number of benzene rings is 1. The fourth-order valence-electron chi connectivity index (χ4n) is 2.76. The quantitative estimate of drug-likeness (QED) is 0.937. The topological polar surface area (TPSA) is 45.5 Å². The third-order valence-corrected chi connectivity index (χ3v) is 4.32. The monoisotopic (exact) mass is 323 g/mol. The van der Waals surface area contributed by atoms with Gasteiger partial charge in [0.25, 0.3) is 0 Å². The number of nitrogens with one attached hydrogen (secondary N) is 1. The number of hydrogen-bond acceptors (Lipinski definition) is 3. The van der Waals surface area contributed by atoms with Gasteiger partial charge in [0.1, 0.15) is 11.7 Å². The molecule has 1 aliphatic heterocycles. The molecule has 0 spiro atoms. The molecule has 0 radical (unpaired) electrons. The number of hydrogen-bond donors (Lipinski definition) is 1. The predicted molar refractivity (Wildman–Crippen MR) is 98.3 cm³/mol. The molecule has 1 aromatic heterocycles. The van der Waals surface area contributed by atoms with Gasteiger partial charge in [-0.3, -0.25) is 4.99 Å². The fourth-order valence-corrected chi connectivity index (χ4v) is 2.76. The largest absolute Gasteiger partial charge is 0.358 e. The van der Waals surface area contributed by atoms with Gasteiger partial charge in [-0.15, -0.1) is 0 Å². The molecule has 1 N–H and O–H groups in total. The van der Waals surface area contributed by atoms with Gasteiger partial charge >= 0.3 is 0 Å². The number of nitrogens with zero attached hydrogens (tertiary/aromatic N) is 4. The number of aromatic nitrogens is 2. The standard InChI is InChI=1S/C19H25N5/c1-14(2)23-10-8-19(21-13-23)22-15(3)17-6-5-7-18(12-17)24-11-9-20-16(24)4/h5-12,14-15H,13H2,1-4H3,(H,21,22)/t15-/m0/s1. The van der Waals surface area contributed by atoms with Gasteiger partial charge in [0.15, 0.2) is 0 Å². The highest BCUT2D eigenvalue weighted by Gasteiger charge is 2.12. The molecule has 126 valence electrons. The summed E-state index contributed by atoms with van der Waals surface area (Å²) in [6.45, 7) is 9.29. The zero-order valence-corrected chi connectivity index (χ0v) is 14.8. The predicted octanol–water partition coefficient (Wildman–Crippen LogP) is 3.43. The van der Waals surface area contributed by atoms with Crippen LogP contribution in [-0.4, -0.2) is 33.0 Å². The lowest BCUT2D eigenvalue weighted by molar-refractivity contribution is 0.300. The molecule has 0 bridgehead atoms. The van der Waals surface area contributed by atoms with E-state index < -0.39 is 0 Å². The van der Waals surface area contributed by atoms with E-state index >= 15 is 0 Å². The Morgan fingerprint density at radius 2 is 2.08 bits per heavy atom. The van der Waals surface area contributed by atoms with E-state index in [1.807, 2.05) is 25.4 Å². The third kappa shape index (κ3) is 3.50. The van der Waals surface area contributed by atoms with Gasteiger partial charge in [0.05, 0.1) is 12.7 Å². The Labute approximate surface area is 143 Å². The van der Waals surface area contributed by atoms with Crippen molar-refractivity contribution < 1.29 is 0 Å². The average Bonchev–Trinajstić information content (AvgIpc) is 3.01. The molecule has 0 fully saturated rings. The summed E-state index contributed by atoms with van der Waals surface area (Å²) in [5, 5.41) is 3.38. The second kappa shape index (κ2) is 6.91. The molecule has 5 heteroatoms. The molecule has 3 rings (SSSR count). The van der Waals surface area contributed by atoms with Crippen LogP contribution in [0, 0.1) is 6.92 Å². The van der Waals surface area contributed by atoms with Crippen LogP contribution in [0.25, 0.3) is 5.69 Å². The van der Waals surface area contributed by atoms with E-state index in [1.165, 1.54) is 5.56 Å². The number of imidazole rings is 1. The highest BCUT2D eigenvalue weighted by molar-refractivity contribution is 5.93. The summed E-state index contributed by atoms with van der Waals surface area (Å²) in [5.74, 6) is 1.92. The third-order valence-electron chi connectivity index (χ3n) is 4.32. The van der Waals surface area contributed by atoms with E-state index in [2.05, 4.69) is 71.0 Å². The summed E-state index contributed by atoms with van der Waals surface area (Å²) in [6, 6.07) is 9.05. The van der Waals surface area contributed by atoms with Crippen LogP contribution >= 0.6 is 0 Å². The molecule has 0 unspecified atom stereocenters. The number of rotatable bonds is 4. The Kier molecular flexibility index (Phi) is 4.69. The summed E-state index contributed by atoms with van der Waals surface area (Å²) >= 11 is 0. The van der Waals surface area contributed by atoms with Gasteiger partial charge < -0.3 is 14.8 Å². The zero-order valence-electron chi connectivity index (χ0n) is 14.8. The molecule has 0 amide bonds. The molecular formula is C19H25N5. The molecular weight excluding hydrogens is 298 g/mol. The van der Waals surface area contributed by atoms with Gasteiger partial charge in [0.2, 0.25) is 0 Å². The Hall–Kier alpha value is -2.56. The smallest absolute Gasteiger partial charge is 0.124 e. The lowest BCUT2D eigenvalue weighted by Crippen LogP contribution is -2.41. The first-order valence-electron chi connectivity index (χ1n) is 8.40. The first-order valence-corrected chi connectivity index (χ1v) is 8.40. The van der Waals surface area contributed by atoms with Crippen molar-refractivity contribution in [2.24, 2.45) is 4.99 Å². The maximum absolute atomic E-state index is 4.81. The normalized spacial score (nSPS) is 17.4. The van der Waals surface area contributed by atoms with Gasteiger partial charge in [-0.2, -0.15) is 0 Å². The van der Waals surface area contributed by atoms with Crippen molar-refractivity contribution >= 4 is 5.84 Å². The molecule has 24 heavy (non-hydrogen) atoms. The highest BCUT2D eigenvalue weighted by Crippen LogP contribution is 2.21. The summed E-state index contributed by atoms with van der Waals surface area (Å²) in [6.07, 6.45) is 7.96. The zero-order chi connectivity index (χ0) is 17.1. The minimum Gasteiger partial charge on any atom is -0.358 e. The lowest BCUT2D eigenvalue weighted by atomic mass is 10.1. The van der Waals surface area contributed by atoms with Crippen LogP contribution in [0.4, 0.5) is 0 Å². The summed E-state index contributed by atoms with van der Waals surface area (Å²) in [4.78, 5) is 11.3. The van der Waals surface area contributed by atoms with Gasteiger partial charge in [-0.1, -0.05) is 12.1 Å². The van der Waals surface area contributed by atoms with E-state index in [0.29, 0.717) is 6.04 Å². The SMILES string of the molecule is Cc1nccn1-c1cccc([C@H](C)N=C2C=CN(C(C)C)CN2)c1. The minimum absolute atomic E-state index is 0.0894. The summed E-state index contributed by atoms with van der Waals surface area (Å²) < 4.78 is 2.09. The summed E-state index contributed by atoms with van der Waals surface area (Å²) in [7, 11) is 0. The molecule has 2 heterocycles. The first kappa shape index (κ1) is 16.3. The van der Waals surface area contributed by atoms with E-state index in [9.17, 15) is 0 Å². The van der Waals surface area contributed by atoms with E-state index in [4.69, 9.17) is 4.99 Å². The van der Waals surface area contributed by atoms with Crippen LogP contribution in [0.3, 0.4) is 0 Å². The van der Waals surface area contributed by atoms with E-state index in [1.54, 1.807) is 0 Å². The van der Waals surface area contributed by atoms with Gasteiger partial charge in [0, 0.05) is 30.3 Å². The number of aryl methyl sites for hydroxylation is 1. The van der Waals surface area contributed by atoms with Crippen molar-refractivity contribution in [3.05, 3.63) is 60.3 Å². The maximum Gasteiger partial charge on any atom is 0.124 e.